The van der Waals surface area contributed by atoms with Gasteiger partial charge in [0.1, 0.15) is 16.4 Å². The van der Waals surface area contributed by atoms with E-state index < -0.39 is 0 Å². The van der Waals surface area contributed by atoms with E-state index in [2.05, 4.69) is 17.2 Å². The highest BCUT2D eigenvalue weighted by molar-refractivity contribution is 8.00. The Morgan fingerprint density at radius 2 is 2.54 bits per heavy atom. The first kappa shape index (κ1) is 9.37. The lowest BCUT2D eigenvalue weighted by atomic mass is 10.4. The lowest BCUT2D eigenvalue weighted by molar-refractivity contribution is 0.659. The average Bonchev–Trinajstić information content (AvgIpc) is 2.62. The first-order chi connectivity index (χ1) is 6.18. The molecular weight excluding hydrogens is 206 g/mol. The fourth-order valence-electron chi connectivity index (χ4n) is 1.40. The number of hydrogen-bond acceptors (Lipinski definition) is 3. The molecular formula is C8H12ClN3S. The van der Waals surface area contributed by atoms with Gasteiger partial charge in [0.05, 0.1) is 6.20 Å². The molecule has 1 fully saturated rings. The Bertz CT molecular complexity index is 312. The molecule has 2 heterocycles. The van der Waals surface area contributed by atoms with Crippen molar-refractivity contribution in [2.24, 2.45) is 7.05 Å². The number of aromatic nitrogens is 2. The van der Waals surface area contributed by atoms with E-state index in [1.54, 1.807) is 6.20 Å². The monoisotopic (exact) mass is 217 g/mol. The zero-order valence-electron chi connectivity index (χ0n) is 7.62. The first-order valence-corrected chi connectivity index (χ1v) is 5.56. The van der Waals surface area contributed by atoms with E-state index in [0.29, 0.717) is 15.8 Å². The lowest BCUT2D eigenvalue weighted by Gasteiger charge is -2.09. The van der Waals surface area contributed by atoms with Gasteiger partial charge in [-0.3, -0.25) is 5.32 Å². The van der Waals surface area contributed by atoms with Gasteiger partial charge in [-0.15, -0.1) is 11.8 Å². The Balaban J connectivity index is 2.21. The van der Waals surface area contributed by atoms with Gasteiger partial charge in [-0.25, -0.2) is 4.98 Å². The molecule has 0 spiro atoms. The largest absolute Gasteiger partial charge is 0.320 e. The van der Waals surface area contributed by atoms with E-state index >= 15 is 0 Å². The fourth-order valence-corrected chi connectivity index (χ4v) is 2.72. The van der Waals surface area contributed by atoms with Crippen molar-refractivity contribution >= 4 is 23.4 Å². The molecule has 0 amide bonds. The van der Waals surface area contributed by atoms with Gasteiger partial charge in [0.15, 0.2) is 0 Å². The molecule has 0 radical (unpaired) electrons. The standard InChI is InChI=1S/C8H12ClN3S/c1-5-3-11-8(13-5)7-10-4-6(9)12(7)2/h4-5,8,11H,3H2,1-2H3. The number of thioether (sulfide) groups is 1. The Morgan fingerprint density at radius 1 is 1.77 bits per heavy atom. The number of nitrogens with one attached hydrogen (secondary N) is 1. The summed E-state index contributed by atoms with van der Waals surface area (Å²) in [5.74, 6) is 1.01. The summed E-state index contributed by atoms with van der Waals surface area (Å²) in [7, 11) is 1.94. The smallest absolute Gasteiger partial charge is 0.137 e. The lowest BCUT2D eigenvalue weighted by Crippen LogP contribution is -2.16. The molecule has 2 rings (SSSR count). The van der Waals surface area contributed by atoms with Gasteiger partial charge >= 0.3 is 0 Å². The average molecular weight is 218 g/mol. The maximum Gasteiger partial charge on any atom is 0.137 e. The van der Waals surface area contributed by atoms with Crippen LogP contribution in [0, 0.1) is 0 Å². The number of imidazole rings is 1. The zero-order valence-corrected chi connectivity index (χ0v) is 9.19. The highest BCUT2D eigenvalue weighted by atomic mass is 35.5. The Hall–Kier alpha value is -0.190. The van der Waals surface area contributed by atoms with Crippen molar-refractivity contribution in [1.29, 1.82) is 0 Å². The van der Waals surface area contributed by atoms with Gasteiger partial charge in [-0.05, 0) is 0 Å². The van der Waals surface area contributed by atoms with Crippen LogP contribution in [0.2, 0.25) is 5.15 Å². The molecule has 5 heteroatoms. The summed E-state index contributed by atoms with van der Waals surface area (Å²) in [5.41, 5.74) is 0. The maximum atomic E-state index is 5.91. The predicted molar refractivity (Wildman–Crippen MR) is 56.0 cm³/mol. The molecule has 2 atom stereocenters. The van der Waals surface area contributed by atoms with Crippen LogP contribution in [0.1, 0.15) is 18.1 Å². The summed E-state index contributed by atoms with van der Waals surface area (Å²) >= 11 is 7.80. The molecule has 0 aromatic carbocycles. The second kappa shape index (κ2) is 3.52. The first-order valence-electron chi connectivity index (χ1n) is 4.24. The van der Waals surface area contributed by atoms with Crippen LogP contribution < -0.4 is 5.32 Å². The molecule has 3 nitrogen and oxygen atoms in total. The van der Waals surface area contributed by atoms with Crippen molar-refractivity contribution in [3.8, 4) is 0 Å². The van der Waals surface area contributed by atoms with Crippen LogP contribution in [-0.2, 0) is 7.05 Å². The number of hydrogen-bond donors (Lipinski definition) is 1. The Labute approximate surface area is 86.9 Å². The van der Waals surface area contributed by atoms with Crippen molar-refractivity contribution in [3.05, 3.63) is 17.2 Å². The van der Waals surface area contributed by atoms with E-state index in [1.807, 2.05) is 23.4 Å². The van der Waals surface area contributed by atoms with Crippen molar-refractivity contribution in [3.63, 3.8) is 0 Å². The van der Waals surface area contributed by atoms with Gasteiger partial charge < -0.3 is 4.57 Å². The highest BCUT2D eigenvalue weighted by Gasteiger charge is 2.26. The summed E-state index contributed by atoms with van der Waals surface area (Å²) in [6.45, 7) is 3.25. The molecule has 13 heavy (non-hydrogen) atoms. The molecule has 1 aromatic rings. The molecule has 1 N–H and O–H groups in total. The van der Waals surface area contributed by atoms with Crippen molar-refractivity contribution in [2.75, 3.05) is 6.54 Å². The van der Waals surface area contributed by atoms with Crippen LogP contribution in [0.15, 0.2) is 6.20 Å². The Kier molecular flexibility index (Phi) is 2.53. The van der Waals surface area contributed by atoms with E-state index in [9.17, 15) is 0 Å². The number of nitrogens with zero attached hydrogens (tertiary/aromatic N) is 2. The normalized spacial score (nSPS) is 28.2. The molecule has 2 unspecified atom stereocenters. The van der Waals surface area contributed by atoms with Gasteiger partial charge in [0.25, 0.3) is 0 Å². The molecule has 1 aliphatic rings. The van der Waals surface area contributed by atoms with Crippen molar-refractivity contribution < 1.29 is 0 Å². The summed E-state index contributed by atoms with van der Waals surface area (Å²) in [4.78, 5) is 4.28. The van der Waals surface area contributed by atoms with Crippen LogP contribution in [0.5, 0.6) is 0 Å². The molecule has 0 bridgehead atoms. The SMILES string of the molecule is CC1CNC(c2ncc(Cl)n2C)S1. The van der Waals surface area contributed by atoms with Gasteiger partial charge in [0, 0.05) is 18.8 Å². The molecule has 72 valence electrons. The second-order valence-electron chi connectivity index (χ2n) is 3.23. The summed E-state index contributed by atoms with van der Waals surface area (Å²) < 4.78 is 1.92. The van der Waals surface area contributed by atoms with Crippen molar-refractivity contribution in [2.45, 2.75) is 17.5 Å². The quantitative estimate of drug-likeness (QED) is 0.778. The molecule has 0 saturated carbocycles. The third-order valence-electron chi connectivity index (χ3n) is 2.16. The predicted octanol–water partition coefficient (Wildman–Crippen LogP) is 1.80. The second-order valence-corrected chi connectivity index (χ2v) is 5.17. The topological polar surface area (TPSA) is 29.9 Å². The van der Waals surface area contributed by atoms with E-state index in [-0.39, 0.29) is 0 Å². The summed E-state index contributed by atoms with van der Waals surface area (Å²) in [6, 6.07) is 0. The minimum Gasteiger partial charge on any atom is -0.320 e. The summed E-state index contributed by atoms with van der Waals surface area (Å²) in [5, 5.41) is 5.04. The summed E-state index contributed by atoms with van der Waals surface area (Å²) in [6.07, 6.45) is 1.70. The number of rotatable bonds is 1. The van der Waals surface area contributed by atoms with Crippen LogP contribution in [-0.4, -0.2) is 21.3 Å². The molecule has 1 aliphatic heterocycles. The van der Waals surface area contributed by atoms with Crippen LogP contribution in [0.25, 0.3) is 0 Å². The minimum atomic E-state index is 0.299. The third kappa shape index (κ3) is 1.71. The van der Waals surface area contributed by atoms with Gasteiger partial charge in [-0.2, -0.15) is 0 Å². The molecule has 1 saturated heterocycles. The van der Waals surface area contributed by atoms with Gasteiger partial charge in [0.2, 0.25) is 0 Å². The van der Waals surface area contributed by atoms with E-state index in [0.717, 1.165) is 12.4 Å². The van der Waals surface area contributed by atoms with Crippen molar-refractivity contribution in [1.82, 2.24) is 14.9 Å². The Morgan fingerprint density at radius 3 is 3.00 bits per heavy atom. The molecule has 1 aromatic heterocycles. The van der Waals surface area contributed by atoms with E-state index in [1.165, 1.54) is 0 Å². The minimum absolute atomic E-state index is 0.299. The maximum absolute atomic E-state index is 5.91. The van der Waals surface area contributed by atoms with Crippen LogP contribution >= 0.6 is 23.4 Å². The third-order valence-corrected chi connectivity index (χ3v) is 3.79. The van der Waals surface area contributed by atoms with Crippen LogP contribution in [0.3, 0.4) is 0 Å². The fraction of sp³-hybridized carbons (Fsp3) is 0.625. The zero-order chi connectivity index (χ0) is 9.42. The number of halogens is 1. The van der Waals surface area contributed by atoms with Gasteiger partial charge in [-0.1, -0.05) is 18.5 Å². The van der Waals surface area contributed by atoms with Crippen LogP contribution in [0.4, 0.5) is 0 Å². The highest BCUT2D eigenvalue weighted by Crippen LogP contribution is 2.34. The van der Waals surface area contributed by atoms with E-state index in [4.69, 9.17) is 11.6 Å². The molecule has 0 aliphatic carbocycles.